The lowest BCUT2D eigenvalue weighted by Gasteiger charge is -2.28. The fourth-order valence-corrected chi connectivity index (χ4v) is 5.18. The zero-order valence-electron chi connectivity index (χ0n) is 21.1. The fourth-order valence-electron chi connectivity index (χ4n) is 4.91. The Morgan fingerprint density at radius 2 is 1.59 bits per heavy atom. The van der Waals surface area contributed by atoms with Gasteiger partial charge in [0.05, 0.1) is 35.3 Å². The van der Waals surface area contributed by atoms with E-state index in [1.807, 2.05) is 0 Å². The summed E-state index contributed by atoms with van der Waals surface area (Å²) in [4.78, 5) is 38.5. The van der Waals surface area contributed by atoms with Gasteiger partial charge in [0.15, 0.2) is 11.5 Å². The van der Waals surface area contributed by atoms with E-state index < -0.39 is 77.6 Å². The van der Waals surface area contributed by atoms with Crippen LogP contribution in [-0.2, 0) is 17.5 Å². The molecular weight excluding hydrogens is 580 g/mol. The third kappa shape index (κ3) is 6.89. The lowest BCUT2D eigenvalue weighted by atomic mass is 9.86. The number of amides is 1. The Morgan fingerprint density at radius 1 is 0.951 bits per heavy atom. The van der Waals surface area contributed by atoms with E-state index >= 15 is 0 Å². The van der Waals surface area contributed by atoms with E-state index in [0.29, 0.717) is 21.8 Å². The van der Waals surface area contributed by atoms with Crippen LogP contribution < -0.4 is 0 Å². The van der Waals surface area contributed by atoms with Crippen molar-refractivity contribution >= 4 is 29.3 Å². The first-order chi connectivity index (χ1) is 19.2. The molecule has 1 fully saturated rings. The highest BCUT2D eigenvalue weighted by molar-refractivity contribution is 6.34. The van der Waals surface area contributed by atoms with Gasteiger partial charge in [0, 0.05) is 18.2 Å². The van der Waals surface area contributed by atoms with E-state index in [0.717, 1.165) is 30.3 Å². The molecule has 1 aromatic heterocycles. The van der Waals surface area contributed by atoms with Gasteiger partial charge < -0.3 is 10.0 Å². The van der Waals surface area contributed by atoms with Gasteiger partial charge in [-0.05, 0) is 61.6 Å². The van der Waals surface area contributed by atoms with Crippen molar-refractivity contribution < 1.29 is 45.8 Å². The fraction of sp³-hybridized carbons (Fsp3) is 0.333. The predicted molar refractivity (Wildman–Crippen MR) is 133 cm³/mol. The van der Waals surface area contributed by atoms with Gasteiger partial charge >= 0.3 is 12.1 Å². The van der Waals surface area contributed by atoms with E-state index in [1.54, 1.807) is 0 Å². The number of halogens is 7. The van der Waals surface area contributed by atoms with Gasteiger partial charge in [0.1, 0.15) is 17.5 Å². The van der Waals surface area contributed by atoms with Crippen LogP contribution in [0, 0.1) is 23.4 Å². The van der Waals surface area contributed by atoms with Crippen LogP contribution in [0.15, 0.2) is 42.6 Å². The largest absolute Gasteiger partial charge is 0.481 e. The monoisotopic (exact) mass is 601 g/mol. The topological polar surface area (TPSA) is 92.5 Å². The van der Waals surface area contributed by atoms with Crippen LogP contribution in [0.25, 0.3) is 0 Å². The molecule has 0 unspecified atom stereocenters. The summed E-state index contributed by atoms with van der Waals surface area (Å²) in [5.41, 5.74) is -2.68. The normalized spacial score (nSPS) is 17.3. The summed E-state index contributed by atoms with van der Waals surface area (Å²) < 4.78 is 84.9. The van der Waals surface area contributed by atoms with Crippen molar-refractivity contribution in [3.05, 3.63) is 87.5 Å². The number of carbonyl (C=O) groups is 3. The molecule has 0 atom stereocenters. The second kappa shape index (κ2) is 11.9. The van der Waals surface area contributed by atoms with Crippen molar-refractivity contribution in [3.8, 4) is 0 Å². The molecule has 7 nitrogen and oxygen atoms in total. The first-order valence-electron chi connectivity index (χ1n) is 12.3. The number of hydrogen-bond donors (Lipinski definition) is 1. The highest BCUT2D eigenvalue weighted by atomic mass is 35.5. The van der Waals surface area contributed by atoms with Crippen molar-refractivity contribution in [1.29, 1.82) is 0 Å². The van der Waals surface area contributed by atoms with Crippen molar-refractivity contribution in [2.45, 2.75) is 44.4 Å². The standard InChI is InChI=1S/C27H22ClF6N3O4/c28-22-10-16(29)3-6-20(22)23(38)13-36(12-14-7-17(30)9-18(31)8-14)25(39)21-11-35-37(24(21)27(32,33)34)19-4-1-15(2-5-19)26(40)41/h3,6-11,15,19H,1-2,4-5,12-13H2,(H,40,41)/t15-,19-. The summed E-state index contributed by atoms with van der Waals surface area (Å²) in [7, 11) is 0. The zero-order valence-corrected chi connectivity index (χ0v) is 21.9. The maximum Gasteiger partial charge on any atom is 0.433 e. The smallest absolute Gasteiger partial charge is 0.433 e. The minimum Gasteiger partial charge on any atom is -0.481 e. The van der Waals surface area contributed by atoms with Crippen LogP contribution in [0.3, 0.4) is 0 Å². The summed E-state index contributed by atoms with van der Waals surface area (Å²) in [5.74, 6) is -6.71. The number of benzene rings is 2. The molecule has 0 radical (unpaired) electrons. The van der Waals surface area contributed by atoms with E-state index in [1.165, 1.54) is 0 Å². The summed E-state index contributed by atoms with van der Waals surface area (Å²) in [6, 6.07) is 4.24. The molecule has 218 valence electrons. The average Bonchev–Trinajstić information content (AvgIpc) is 3.33. The second-order valence-electron chi connectivity index (χ2n) is 9.68. The maximum atomic E-state index is 14.3. The number of rotatable bonds is 8. The summed E-state index contributed by atoms with van der Waals surface area (Å²) >= 11 is 5.95. The minimum absolute atomic E-state index is 0.0726. The van der Waals surface area contributed by atoms with Crippen LogP contribution in [-0.4, -0.2) is 44.0 Å². The Hall–Kier alpha value is -3.87. The molecule has 4 rings (SSSR count). The molecule has 1 aliphatic carbocycles. The predicted octanol–water partition coefficient (Wildman–Crippen LogP) is 6.31. The van der Waals surface area contributed by atoms with Gasteiger partial charge in [0.2, 0.25) is 0 Å². The van der Waals surface area contributed by atoms with Crippen molar-refractivity contribution in [2.75, 3.05) is 6.54 Å². The molecule has 0 spiro atoms. The third-order valence-corrected chi connectivity index (χ3v) is 7.15. The second-order valence-corrected chi connectivity index (χ2v) is 10.1. The Labute approximate surface area is 234 Å². The lowest BCUT2D eigenvalue weighted by molar-refractivity contribution is -0.147. The SMILES string of the molecule is O=C(CN(Cc1cc(F)cc(F)c1)C(=O)c1cnn([C@H]2CC[C@H](C(=O)O)CC2)c1C(F)(F)F)c1ccc(F)cc1Cl. The van der Waals surface area contributed by atoms with Crippen molar-refractivity contribution in [1.82, 2.24) is 14.7 Å². The summed E-state index contributed by atoms with van der Waals surface area (Å²) in [6.45, 7) is -1.53. The number of hydrogen-bond acceptors (Lipinski definition) is 4. The van der Waals surface area contributed by atoms with E-state index in [9.17, 15) is 45.8 Å². The number of ketones is 1. The maximum absolute atomic E-state index is 14.3. The number of Topliss-reactive ketones (excluding diaryl/α,β-unsaturated/α-hetero) is 1. The Morgan fingerprint density at radius 3 is 2.15 bits per heavy atom. The van der Waals surface area contributed by atoms with Crippen molar-refractivity contribution in [2.24, 2.45) is 5.92 Å². The molecule has 1 aliphatic rings. The van der Waals surface area contributed by atoms with E-state index in [4.69, 9.17) is 11.6 Å². The van der Waals surface area contributed by atoms with Gasteiger partial charge in [-0.1, -0.05) is 11.6 Å². The number of aromatic nitrogens is 2. The third-order valence-electron chi connectivity index (χ3n) is 6.84. The first-order valence-corrected chi connectivity index (χ1v) is 12.7. The van der Waals surface area contributed by atoms with E-state index in [2.05, 4.69) is 5.10 Å². The van der Waals surface area contributed by atoms with E-state index in [-0.39, 0.29) is 41.8 Å². The molecule has 1 N–H and O–H groups in total. The minimum atomic E-state index is -5.08. The Bertz CT molecular complexity index is 1460. The van der Waals surface area contributed by atoms with Crippen LogP contribution in [0.4, 0.5) is 26.3 Å². The molecule has 3 aromatic rings. The number of carboxylic acid groups (broad SMARTS) is 1. The molecule has 41 heavy (non-hydrogen) atoms. The summed E-state index contributed by atoms with van der Waals surface area (Å²) in [6.07, 6.45) is -4.00. The molecule has 14 heteroatoms. The molecule has 0 saturated heterocycles. The van der Waals surface area contributed by atoms with Crippen LogP contribution >= 0.6 is 11.6 Å². The number of aliphatic carboxylic acids is 1. The quantitative estimate of drug-likeness (QED) is 0.241. The number of carboxylic acids is 1. The molecule has 0 bridgehead atoms. The van der Waals surface area contributed by atoms with Gasteiger partial charge in [-0.15, -0.1) is 0 Å². The highest BCUT2D eigenvalue weighted by Gasteiger charge is 2.43. The molecule has 2 aromatic carbocycles. The van der Waals surface area contributed by atoms with Crippen LogP contribution in [0.1, 0.15) is 63.7 Å². The number of alkyl halides is 3. The van der Waals surface area contributed by atoms with Gasteiger partial charge in [0.25, 0.3) is 5.91 Å². The van der Waals surface area contributed by atoms with Gasteiger partial charge in [-0.2, -0.15) is 18.3 Å². The average molecular weight is 602 g/mol. The highest BCUT2D eigenvalue weighted by Crippen LogP contribution is 2.39. The lowest BCUT2D eigenvalue weighted by Crippen LogP contribution is -2.37. The van der Waals surface area contributed by atoms with Crippen molar-refractivity contribution in [3.63, 3.8) is 0 Å². The molecule has 1 saturated carbocycles. The molecule has 1 amide bonds. The summed E-state index contributed by atoms with van der Waals surface area (Å²) in [5, 5.41) is 12.7. The Balaban J connectivity index is 1.71. The van der Waals surface area contributed by atoms with Crippen LogP contribution in [0.5, 0.6) is 0 Å². The van der Waals surface area contributed by atoms with Gasteiger partial charge in [-0.3, -0.25) is 19.1 Å². The molecule has 0 aliphatic heterocycles. The number of carbonyl (C=O) groups excluding carboxylic acids is 2. The van der Waals surface area contributed by atoms with Crippen LogP contribution in [0.2, 0.25) is 5.02 Å². The number of nitrogens with zero attached hydrogens (tertiary/aromatic N) is 3. The Kier molecular flexibility index (Phi) is 8.76. The molecule has 1 heterocycles. The van der Waals surface area contributed by atoms with Gasteiger partial charge in [-0.25, -0.2) is 13.2 Å². The zero-order chi connectivity index (χ0) is 30.1. The molecular formula is C27H22ClF6N3O4. The first kappa shape index (κ1) is 30.1.